The smallest absolute Gasteiger partial charge is 0.339 e. The van der Waals surface area contributed by atoms with Crippen LogP contribution in [0.1, 0.15) is 11.3 Å². The summed E-state index contributed by atoms with van der Waals surface area (Å²) in [6.45, 7) is 1.81. The average molecular weight is 366 g/mol. The van der Waals surface area contributed by atoms with Crippen LogP contribution in [0.25, 0.3) is 0 Å². The van der Waals surface area contributed by atoms with E-state index in [1.165, 1.54) is 6.07 Å². The van der Waals surface area contributed by atoms with Crippen molar-refractivity contribution in [3.8, 4) is 0 Å². The molecule has 7 heteroatoms. The van der Waals surface area contributed by atoms with Gasteiger partial charge in [-0.15, -0.1) is 0 Å². The first kappa shape index (κ1) is 15.1. The van der Waals surface area contributed by atoms with E-state index in [-0.39, 0.29) is 5.02 Å². The van der Waals surface area contributed by atoms with Gasteiger partial charge in [0.05, 0.1) is 22.0 Å². The molecule has 0 aliphatic carbocycles. The second-order valence-electron chi connectivity index (χ2n) is 4.08. The number of nitrogens with zero attached hydrogens (tertiary/aromatic N) is 1. The van der Waals surface area contributed by atoms with Crippen LogP contribution >= 0.6 is 27.5 Å². The Morgan fingerprint density at radius 1 is 1.20 bits per heavy atom. The maximum atomic E-state index is 12.5. The van der Waals surface area contributed by atoms with Crippen molar-refractivity contribution >= 4 is 39.0 Å². The van der Waals surface area contributed by atoms with Crippen molar-refractivity contribution in [3.05, 3.63) is 51.1 Å². The molecule has 1 aromatic heterocycles. The van der Waals surface area contributed by atoms with Crippen LogP contribution in [0.4, 0.5) is 24.7 Å². The van der Waals surface area contributed by atoms with Crippen LogP contribution in [-0.2, 0) is 6.18 Å². The number of halogens is 5. The van der Waals surface area contributed by atoms with E-state index in [0.717, 1.165) is 22.3 Å². The third kappa shape index (κ3) is 3.43. The molecular formula is C13H9BrClF3N2. The van der Waals surface area contributed by atoms with Crippen molar-refractivity contribution in [1.29, 1.82) is 0 Å². The lowest BCUT2D eigenvalue weighted by Crippen LogP contribution is -2.05. The first-order valence-corrected chi connectivity index (χ1v) is 6.71. The van der Waals surface area contributed by atoms with Crippen LogP contribution in [0.15, 0.2) is 34.8 Å². The summed E-state index contributed by atoms with van der Waals surface area (Å²) < 4.78 is 38.4. The highest BCUT2D eigenvalue weighted by Crippen LogP contribution is 2.34. The van der Waals surface area contributed by atoms with E-state index in [1.54, 1.807) is 12.1 Å². The number of hydrogen-bond acceptors (Lipinski definition) is 2. The maximum Gasteiger partial charge on any atom is 0.416 e. The number of aromatic nitrogens is 1. The Morgan fingerprint density at radius 2 is 1.90 bits per heavy atom. The fourth-order valence-electron chi connectivity index (χ4n) is 1.54. The Morgan fingerprint density at radius 3 is 2.45 bits per heavy atom. The van der Waals surface area contributed by atoms with Crippen molar-refractivity contribution in [1.82, 2.24) is 4.98 Å². The van der Waals surface area contributed by atoms with Crippen molar-refractivity contribution in [2.45, 2.75) is 13.1 Å². The molecule has 0 amide bonds. The summed E-state index contributed by atoms with van der Waals surface area (Å²) in [6.07, 6.45) is -4.41. The zero-order chi connectivity index (χ0) is 14.9. The van der Waals surface area contributed by atoms with Crippen LogP contribution in [0, 0.1) is 6.92 Å². The van der Waals surface area contributed by atoms with Crippen molar-refractivity contribution in [2.24, 2.45) is 0 Å². The first-order chi connectivity index (χ1) is 9.27. The molecule has 2 nitrogen and oxygen atoms in total. The number of benzene rings is 1. The molecule has 0 saturated heterocycles. The Hall–Kier alpha value is -1.27. The minimum Gasteiger partial charge on any atom is -0.339 e. The quantitative estimate of drug-likeness (QED) is 0.753. The number of nitrogens with one attached hydrogen (secondary N) is 1. The monoisotopic (exact) mass is 364 g/mol. The summed E-state index contributed by atoms with van der Waals surface area (Å²) >= 11 is 9.18. The van der Waals surface area contributed by atoms with Gasteiger partial charge in [0.25, 0.3) is 0 Å². The van der Waals surface area contributed by atoms with Crippen LogP contribution in [-0.4, -0.2) is 4.98 Å². The summed E-state index contributed by atoms with van der Waals surface area (Å²) in [5.74, 6) is 0.507. The van der Waals surface area contributed by atoms with Gasteiger partial charge in [-0.05, 0) is 53.2 Å². The number of anilines is 2. The van der Waals surface area contributed by atoms with Gasteiger partial charge in [0.2, 0.25) is 0 Å². The van der Waals surface area contributed by atoms with E-state index < -0.39 is 11.7 Å². The lowest BCUT2D eigenvalue weighted by atomic mass is 10.2. The van der Waals surface area contributed by atoms with Gasteiger partial charge in [0.1, 0.15) is 5.82 Å². The lowest BCUT2D eigenvalue weighted by Gasteiger charge is -2.12. The molecule has 106 valence electrons. The molecule has 1 N–H and O–H groups in total. The third-order valence-corrected chi connectivity index (χ3v) is 3.73. The predicted molar refractivity (Wildman–Crippen MR) is 76.4 cm³/mol. The Bertz CT molecular complexity index is 644. The van der Waals surface area contributed by atoms with Gasteiger partial charge < -0.3 is 5.32 Å². The van der Waals surface area contributed by atoms with Gasteiger partial charge in [-0.3, -0.25) is 0 Å². The molecule has 2 rings (SSSR count). The molecule has 0 atom stereocenters. The molecule has 0 saturated carbocycles. The van der Waals surface area contributed by atoms with Crippen LogP contribution in [0.3, 0.4) is 0 Å². The first-order valence-electron chi connectivity index (χ1n) is 5.54. The summed E-state index contributed by atoms with van der Waals surface area (Å²) in [5.41, 5.74) is 0.347. The number of rotatable bonds is 2. The van der Waals surface area contributed by atoms with Crippen molar-refractivity contribution in [3.63, 3.8) is 0 Å². The van der Waals surface area contributed by atoms with E-state index >= 15 is 0 Å². The fraction of sp³-hybridized carbons (Fsp3) is 0.154. The second kappa shape index (κ2) is 5.61. The number of pyridine rings is 1. The molecule has 1 heterocycles. The van der Waals surface area contributed by atoms with Gasteiger partial charge in [0, 0.05) is 4.47 Å². The molecule has 0 unspecified atom stereocenters. The maximum absolute atomic E-state index is 12.5. The van der Waals surface area contributed by atoms with Gasteiger partial charge in [0.15, 0.2) is 0 Å². The van der Waals surface area contributed by atoms with Crippen LogP contribution in [0.2, 0.25) is 5.02 Å². The zero-order valence-corrected chi connectivity index (χ0v) is 12.6. The van der Waals surface area contributed by atoms with Crippen LogP contribution in [0.5, 0.6) is 0 Å². The van der Waals surface area contributed by atoms with Gasteiger partial charge in [-0.1, -0.05) is 11.6 Å². The van der Waals surface area contributed by atoms with E-state index in [0.29, 0.717) is 11.5 Å². The highest BCUT2D eigenvalue weighted by molar-refractivity contribution is 9.10. The van der Waals surface area contributed by atoms with E-state index in [1.807, 2.05) is 6.92 Å². The zero-order valence-electron chi connectivity index (χ0n) is 10.2. The molecule has 2 aromatic rings. The van der Waals surface area contributed by atoms with E-state index in [9.17, 15) is 13.2 Å². The molecular weight excluding hydrogens is 357 g/mol. The standard InChI is InChI=1S/C13H9BrClF3N2/c1-7-9(14)3-5-12(19-7)20-11-4-2-8(6-10(11)15)13(16,17)18/h2-6H,1H3,(H,19,20). The summed E-state index contributed by atoms with van der Waals surface area (Å²) in [6, 6.07) is 6.63. The molecule has 0 bridgehead atoms. The molecule has 1 aromatic carbocycles. The van der Waals surface area contributed by atoms with Crippen LogP contribution < -0.4 is 5.32 Å². The molecule has 0 aliphatic heterocycles. The minimum absolute atomic E-state index is 0.0119. The fourth-order valence-corrected chi connectivity index (χ4v) is 1.99. The molecule has 0 radical (unpaired) electrons. The second-order valence-corrected chi connectivity index (χ2v) is 5.34. The Balaban J connectivity index is 2.28. The largest absolute Gasteiger partial charge is 0.416 e. The lowest BCUT2D eigenvalue weighted by molar-refractivity contribution is -0.137. The SMILES string of the molecule is Cc1nc(Nc2ccc(C(F)(F)F)cc2Cl)ccc1Br. The van der Waals surface area contributed by atoms with Crippen molar-refractivity contribution in [2.75, 3.05) is 5.32 Å². The minimum atomic E-state index is -4.41. The predicted octanol–water partition coefficient (Wildman–Crippen LogP) is 5.57. The molecule has 0 aliphatic rings. The van der Waals surface area contributed by atoms with Gasteiger partial charge >= 0.3 is 6.18 Å². The Labute approximate surface area is 127 Å². The topological polar surface area (TPSA) is 24.9 Å². The van der Waals surface area contributed by atoms with Crippen molar-refractivity contribution < 1.29 is 13.2 Å². The highest BCUT2D eigenvalue weighted by Gasteiger charge is 2.30. The summed E-state index contributed by atoms with van der Waals surface area (Å²) in [5, 5.41) is 2.88. The summed E-state index contributed by atoms with van der Waals surface area (Å²) in [4.78, 5) is 4.24. The third-order valence-electron chi connectivity index (χ3n) is 2.58. The number of hydrogen-bond donors (Lipinski definition) is 1. The summed E-state index contributed by atoms with van der Waals surface area (Å²) in [7, 11) is 0. The van der Waals surface area contributed by atoms with E-state index in [2.05, 4.69) is 26.2 Å². The van der Waals surface area contributed by atoms with Gasteiger partial charge in [-0.25, -0.2) is 4.98 Å². The normalized spacial score (nSPS) is 11.5. The Kier molecular flexibility index (Phi) is 4.25. The number of aryl methyl sites for hydroxylation is 1. The highest BCUT2D eigenvalue weighted by atomic mass is 79.9. The van der Waals surface area contributed by atoms with Gasteiger partial charge in [-0.2, -0.15) is 13.2 Å². The average Bonchev–Trinajstić information content (AvgIpc) is 2.35. The van der Waals surface area contributed by atoms with E-state index in [4.69, 9.17) is 11.6 Å². The molecule has 0 fully saturated rings. The number of alkyl halides is 3. The molecule has 0 spiro atoms. The molecule has 20 heavy (non-hydrogen) atoms.